The van der Waals surface area contributed by atoms with Crippen molar-refractivity contribution in [1.82, 2.24) is 19.8 Å². The fraction of sp³-hybridized carbons (Fsp3) is 0.727. The van der Waals surface area contributed by atoms with E-state index in [-0.39, 0.29) is 17.0 Å². The van der Waals surface area contributed by atoms with E-state index in [4.69, 9.17) is 0 Å². The van der Waals surface area contributed by atoms with Crippen molar-refractivity contribution in [3.8, 4) is 0 Å². The minimum atomic E-state index is -3.42. The van der Waals surface area contributed by atoms with Gasteiger partial charge in [-0.15, -0.1) is 0 Å². The molecule has 2 unspecified atom stereocenters. The Morgan fingerprint density at radius 2 is 2.22 bits per heavy atom. The van der Waals surface area contributed by atoms with Crippen LogP contribution in [0.15, 0.2) is 17.3 Å². The first-order chi connectivity index (χ1) is 8.59. The van der Waals surface area contributed by atoms with Crippen LogP contribution in [0.5, 0.6) is 0 Å². The van der Waals surface area contributed by atoms with Gasteiger partial charge >= 0.3 is 0 Å². The molecule has 7 heteroatoms. The van der Waals surface area contributed by atoms with E-state index in [1.807, 2.05) is 6.92 Å². The van der Waals surface area contributed by atoms with Crippen molar-refractivity contribution in [3.05, 3.63) is 12.4 Å². The van der Waals surface area contributed by atoms with Crippen LogP contribution >= 0.6 is 0 Å². The van der Waals surface area contributed by atoms with Crippen molar-refractivity contribution in [1.29, 1.82) is 0 Å². The summed E-state index contributed by atoms with van der Waals surface area (Å²) in [6, 6.07) is 0.252. The summed E-state index contributed by atoms with van der Waals surface area (Å²) in [5, 5.41) is 9.68. The number of nitrogens with one attached hydrogen (secondary N) is 2. The molecule has 0 amide bonds. The highest BCUT2D eigenvalue weighted by Gasteiger charge is 2.35. The van der Waals surface area contributed by atoms with Crippen LogP contribution in [-0.4, -0.2) is 48.1 Å². The molecule has 0 bridgehead atoms. The molecule has 18 heavy (non-hydrogen) atoms. The summed E-state index contributed by atoms with van der Waals surface area (Å²) in [4.78, 5) is 0.248. The van der Waals surface area contributed by atoms with Gasteiger partial charge in [-0.25, -0.2) is 8.42 Å². The molecule has 1 aliphatic rings. The first-order valence-corrected chi connectivity index (χ1v) is 7.77. The topological polar surface area (TPSA) is 78.1 Å². The lowest BCUT2D eigenvalue weighted by atomic mass is 10.1. The van der Waals surface area contributed by atoms with Crippen molar-refractivity contribution in [2.24, 2.45) is 0 Å². The first kappa shape index (κ1) is 13.5. The SMILES string of the molecule is CCC1CN(S(=O)(=O)c2cn[nH]c2)C(CC)CN1. The molecule has 2 heterocycles. The van der Waals surface area contributed by atoms with Crippen LogP contribution < -0.4 is 5.32 Å². The van der Waals surface area contributed by atoms with Crippen LogP contribution in [0.3, 0.4) is 0 Å². The van der Waals surface area contributed by atoms with Crippen molar-refractivity contribution in [3.63, 3.8) is 0 Å². The number of rotatable bonds is 4. The third-order valence-corrected chi connectivity index (χ3v) is 5.38. The molecular weight excluding hydrogens is 252 g/mol. The van der Waals surface area contributed by atoms with Gasteiger partial charge in [0.05, 0.1) is 6.20 Å². The Morgan fingerprint density at radius 3 is 2.78 bits per heavy atom. The Kier molecular flexibility index (Phi) is 4.04. The molecule has 1 aromatic heterocycles. The second-order valence-corrected chi connectivity index (χ2v) is 6.47. The lowest BCUT2D eigenvalue weighted by Gasteiger charge is -2.38. The summed E-state index contributed by atoms with van der Waals surface area (Å²) in [7, 11) is -3.42. The molecule has 0 radical (unpaired) electrons. The summed E-state index contributed by atoms with van der Waals surface area (Å²) >= 11 is 0. The minimum absolute atomic E-state index is 0.0210. The Morgan fingerprint density at radius 1 is 1.44 bits per heavy atom. The van der Waals surface area contributed by atoms with Gasteiger partial charge in [-0.3, -0.25) is 5.10 Å². The van der Waals surface area contributed by atoms with Crippen LogP contribution in [0, 0.1) is 0 Å². The van der Waals surface area contributed by atoms with Gasteiger partial charge in [-0.05, 0) is 12.8 Å². The molecule has 1 fully saturated rings. The van der Waals surface area contributed by atoms with Crippen LogP contribution in [0.1, 0.15) is 26.7 Å². The van der Waals surface area contributed by atoms with Gasteiger partial charge in [0.1, 0.15) is 4.90 Å². The van der Waals surface area contributed by atoms with Crippen LogP contribution in [0.2, 0.25) is 0 Å². The molecule has 102 valence electrons. The number of piperazine rings is 1. The number of aromatic nitrogens is 2. The third-order valence-electron chi connectivity index (χ3n) is 3.49. The second-order valence-electron chi connectivity index (χ2n) is 4.58. The number of H-pyrrole nitrogens is 1. The maximum Gasteiger partial charge on any atom is 0.246 e. The standard InChI is InChI=1S/C11H20N4O2S/c1-3-9-8-15(10(4-2)5-12-9)18(16,17)11-6-13-14-7-11/h6-7,9-10,12H,3-5,8H2,1-2H3,(H,13,14). The van der Waals surface area contributed by atoms with Gasteiger partial charge in [0.2, 0.25) is 10.0 Å². The van der Waals surface area contributed by atoms with Crippen LogP contribution in [0.4, 0.5) is 0 Å². The van der Waals surface area contributed by atoms with E-state index in [1.54, 1.807) is 4.31 Å². The molecule has 0 aliphatic carbocycles. The Balaban J connectivity index is 2.28. The molecule has 2 rings (SSSR count). The van der Waals surface area contributed by atoms with Crippen molar-refractivity contribution in [2.45, 2.75) is 43.7 Å². The molecule has 1 aromatic rings. The van der Waals surface area contributed by atoms with Crippen molar-refractivity contribution in [2.75, 3.05) is 13.1 Å². The fourth-order valence-corrected chi connectivity index (χ4v) is 3.92. The van der Waals surface area contributed by atoms with E-state index in [1.165, 1.54) is 12.4 Å². The lowest BCUT2D eigenvalue weighted by molar-refractivity contribution is 0.215. The number of sulfonamides is 1. The van der Waals surface area contributed by atoms with E-state index < -0.39 is 10.0 Å². The summed E-state index contributed by atoms with van der Waals surface area (Å²) < 4.78 is 26.6. The monoisotopic (exact) mass is 272 g/mol. The molecular formula is C11H20N4O2S. The van der Waals surface area contributed by atoms with Gasteiger partial charge in [0, 0.05) is 31.4 Å². The van der Waals surface area contributed by atoms with Gasteiger partial charge in [0.15, 0.2) is 0 Å². The molecule has 0 saturated carbocycles. The zero-order valence-corrected chi connectivity index (χ0v) is 11.6. The average Bonchev–Trinajstić information content (AvgIpc) is 2.92. The van der Waals surface area contributed by atoms with E-state index in [0.29, 0.717) is 13.1 Å². The maximum absolute atomic E-state index is 12.5. The highest BCUT2D eigenvalue weighted by molar-refractivity contribution is 7.89. The van der Waals surface area contributed by atoms with E-state index >= 15 is 0 Å². The Hall–Kier alpha value is -0.920. The molecule has 2 N–H and O–H groups in total. The van der Waals surface area contributed by atoms with Crippen LogP contribution in [0.25, 0.3) is 0 Å². The lowest BCUT2D eigenvalue weighted by Crippen LogP contribution is -2.57. The van der Waals surface area contributed by atoms with Crippen LogP contribution in [-0.2, 0) is 10.0 Å². The summed E-state index contributed by atoms with van der Waals surface area (Å²) in [5.41, 5.74) is 0. The number of hydrogen-bond donors (Lipinski definition) is 2. The number of nitrogens with zero attached hydrogens (tertiary/aromatic N) is 2. The summed E-state index contributed by atoms with van der Waals surface area (Å²) in [5.74, 6) is 0. The summed E-state index contributed by atoms with van der Waals surface area (Å²) in [6.07, 6.45) is 4.53. The van der Waals surface area contributed by atoms with E-state index in [2.05, 4.69) is 22.4 Å². The van der Waals surface area contributed by atoms with Crippen molar-refractivity contribution >= 4 is 10.0 Å². The molecule has 1 saturated heterocycles. The van der Waals surface area contributed by atoms with Gasteiger partial charge in [-0.1, -0.05) is 13.8 Å². The second kappa shape index (κ2) is 5.38. The quantitative estimate of drug-likeness (QED) is 0.839. The largest absolute Gasteiger partial charge is 0.311 e. The van der Waals surface area contributed by atoms with Crippen molar-refractivity contribution < 1.29 is 8.42 Å². The smallest absolute Gasteiger partial charge is 0.246 e. The van der Waals surface area contributed by atoms with E-state index in [0.717, 1.165) is 12.8 Å². The zero-order chi connectivity index (χ0) is 13.2. The highest BCUT2D eigenvalue weighted by Crippen LogP contribution is 2.21. The summed E-state index contributed by atoms with van der Waals surface area (Å²) in [6.45, 7) is 5.32. The predicted octanol–water partition coefficient (Wildman–Crippen LogP) is 0.561. The minimum Gasteiger partial charge on any atom is -0.311 e. The molecule has 6 nitrogen and oxygen atoms in total. The molecule has 2 atom stereocenters. The molecule has 0 spiro atoms. The van der Waals surface area contributed by atoms with Gasteiger partial charge in [0.25, 0.3) is 0 Å². The van der Waals surface area contributed by atoms with E-state index in [9.17, 15) is 8.42 Å². The fourth-order valence-electron chi connectivity index (χ4n) is 2.27. The predicted molar refractivity (Wildman–Crippen MR) is 68.6 cm³/mol. The first-order valence-electron chi connectivity index (χ1n) is 6.33. The molecule has 0 aromatic carbocycles. The molecule has 1 aliphatic heterocycles. The zero-order valence-electron chi connectivity index (χ0n) is 10.8. The van der Waals surface area contributed by atoms with Gasteiger partial charge < -0.3 is 5.32 Å². The maximum atomic E-state index is 12.5. The number of aromatic amines is 1. The number of hydrogen-bond acceptors (Lipinski definition) is 4. The Bertz CT molecular complexity index is 471. The third kappa shape index (κ3) is 2.43. The van der Waals surface area contributed by atoms with Gasteiger partial charge in [-0.2, -0.15) is 9.40 Å². The highest BCUT2D eigenvalue weighted by atomic mass is 32.2. The normalized spacial score (nSPS) is 26.3. The Labute approximate surface area is 108 Å². The average molecular weight is 272 g/mol.